The summed E-state index contributed by atoms with van der Waals surface area (Å²) < 4.78 is 17.4. The summed E-state index contributed by atoms with van der Waals surface area (Å²) in [6, 6.07) is 47.8. The normalized spacial score (nSPS) is 15.7. The van der Waals surface area contributed by atoms with Crippen molar-refractivity contribution in [3.63, 3.8) is 0 Å². The monoisotopic (exact) mass is 883 g/mol. The second-order valence-electron chi connectivity index (χ2n) is 15.0. The van der Waals surface area contributed by atoms with Crippen molar-refractivity contribution < 1.29 is 38.4 Å². The fraction of sp³-hybridized carbons (Fsp3) is 0.167. The molecule has 1 saturated heterocycles. The third-order valence-corrected chi connectivity index (χ3v) is 18.1. The zero-order chi connectivity index (χ0) is 44.6. The van der Waals surface area contributed by atoms with Gasteiger partial charge < -0.3 is 0 Å². The van der Waals surface area contributed by atoms with Crippen LogP contribution in [0.3, 0.4) is 0 Å². The average Bonchev–Trinajstić information content (AvgIpc) is 3.31. The van der Waals surface area contributed by atoms with Crippen molar-refractivity contribution in [3.8, 4) is 0 Å². The van der Waals surface area contributed by atoms with Gasteiger partial charge in [-0.15, -0.1) is 0 Å². The molecule has 320 valence electrons. The van der Waals surface area contributed by atoms with Crippen LogP contribution >= 0.6 is 18.8 Å². The molecule has 0 aromatic heterocycles. The van der Waals surface area contributed by atoms with Gasteiger partial charge in [-0.2, -0.15) is 0 Å². The van der Waals surface area contributed by atoms with E-state index >= 15 is 9.59 Å². The van der Waals surface area contributed by atoms with E-state index < -0.39 is 65.5 Å². The van der Waals surface area contributed by atoms with Crippen LogP contribution in [0.4, 0.5) is 21.0 Å². The molecule has 1 amide bonds. The molecular formula is C48H42N3O10PS. The Labute approximate surface area is 368 Å². The number of rotatable bonds is 17. The summed E-state index contributed by atoms with van der Waals surface area (Å²) in [5.74, 6) is -1.39. The first-order valence-electron chi connectivity index (χ1n) is 20.0. The number of β-lactam (4-membered cyclic amide) rings is 1. The molecule has 3 unspecified atom stereocenters. The number of thiocarbonyl (C=S) groups is 1. The molecule has 0 N–H and O–H groups in total. The van der Waals surface area contributed by atoms with E-state index in [1.54, 1.807) is 24.0 Å². The fourth-order valence-electron chi connectivity index (χ4n) is 8.43. The molecule has 0 saturated carbocycles. The van der Waals surface area contributed by atoms with Gasteiger partial charge in [0.15, 0.2) is 0 Å². The topological polar surface area (TPSA) is 168 Å². The van der Waals surface area contributed by atoms with Gasteiger partial charge in [0.05, 0.1) is 0 Å². The number of amides is 1. The molecule has 7 rings (SSSR count). The number of para-hydroxylation sites is 2. The van der Waals surface area contributed by atoms with E-state index in [9.17, 15) is 25.0 Å². The number of carbonyl (C=O) groups is 3. The minimum absolute atomic E-state index is 0.144. The van der Waals surface area contributed by atoms with Crippen LogP contribution in [0.1, 0.15) is 30.0 Å². The molecule has 0 aliphatic carbocycles. The second kappa shape index (κ2) is 18.9. The molecule has 0 bridgehead atoms. The number of benzene rings is 6. The van der Waals surface area contributed by atoms with Gasteiger partial charge in [-0.1, -0.05) is 6.07 Å². The van der Waals surface area contributed by atoms with Crippen molar-refractivity contribution in [1.82, 2.24) is 4.90 Å². The zero-order valence-electron chi connectivity index (χ0n) is 34.0. The van der Waals surface area contributed by atoms with Crippen molar-refractivity contribution in [2.24, 2.45) is 5.92 Å². The molecule has 63 heavy (non-hydrogen) atoms. The maximum atomic E-state index is 16.0. The molecule has 15 heteroatoms. The average molecular weight is 884 g/mol. The predicted octanol–water partition coefficient (Wildman–Crippen LogP) is 9.00. The number of nitrogens with zero attached hydrogens (tertiary/aromatic N) is 3. The van der Waals surface area contributed by atoms with E-state index in [0.29, 0.717) is 20.8 Å². The molecule has 1 aliphatic heterocycles. The third kappa shape index (κ3) is 8.42. The van der Waals surface area contributed by atoms with Crippen LogP contribution in [0, 0.1) is 26.1 Å². The molecule has 6 aromatic rings. The molecule has 3 atom stereocenters. The van der Waals surface area contributed by atoms with Gasteiger partial charge >= 0.3 is 354 Å². The van der Waals surface area contributed by atoms with Crippen molar-refractivity contribution >= 4 is 68.7 Å². The zero-order valence-corrected chi connectivity index (χ0v) is 35.7. The molecular weight excluding hydrogens is 842 g/mol. The molecule has 0 spiro atoms. The first-order valence-corrected chi connectivity index (χ1v) is 22.8. The van der Waals surface area contributed by atoms with Crippen molar-refractivity contribution in [1.29, 1.82) is 0 Å². The molecule has 1 fully saturated rings. The van der Waals surface area contributed by atoms with Gasteiger partial charge in [-0.05, 0) is 0 Å². The van der Waals surface area contributed by atoms with Gasteiger partial charge in [0.2, 0.25) is 0 Å². The molecule has 1 heterocycles. The third-order valence-electron chi connectivity index (χ3n) is 11.6. The summed E-state index contributed by atoms with van der Waals surface area (Å²) in [5.41, 5.74) is -0.0199. The first-order chi connectivity index (χ1) is 30.5. The van der Waals surface area contributed by atoms with E-state index in [0.717, 1.165) is 5.56 Å². The molecule has 13 nitrogen and oxygen atoms in total. The Bertz CT molecular complexity index is 2560. The van der Waals surface area contributed by atoms with Gasteiger partial charge in [0.25, 0.3) is 0 Å². The molecule has 6 aromatic carbocycles. The van der Waals surface area contributed by atoms with E-state index in [2.05, 4.69) is 0 Å². The van der Waals surface area contributed by atoms with Gasteiger partial charge in [0.1, 0.15) is 0 Å². The van der Waals surface area contributed by atoms with Crippen LogP contribution in [0.15, 0.2) is 170 Å². The molecule has 1 aliphatic rings. The Morgan fingerprint density at radius 3 is 1.52 bits per heavy atom. The van der Waals surface area contributed by atoms with Crippen LogP contribution in [0.2, 0.25) is 0 Å². The van der Waals surface area contributed by atoms with Crippen LogP contribution in [0.25, 0.3) is 0 Å². The van der Waals surface area contributed by atoms with Crippen molar-refractivity contribution in [3.05, 3.63) is 207 Å². The van der Waals surface area contributed by atoms with Gasteiger partial charge in [-0.25, -0.2) is 0 Å². The SMILES string of the molecule is CC(OC(=O)OCc1ccccc1[N+](=O)[O-])C1C(=O)N(CP(C(=O)OCc2ccccc2[N+](=O)[O-])(c2ccccc2)(c2ccccc2)c2ccccc2)C1CC(=S)c1ccccc1. The summed E-state index contributed by atoms with van der Waals surface area (Å²) in [5, 5.41) is 25.4. The van der Waals surface area contributed by atoms with Crippen LogP contribution in [-0.4, -0.2) is 55.8 Å². The fourth-order valence-corrected chi connectivity index (χ4v) is 14.7. The Morgan fingerprint density at radius 2 is 1.06 bits per heavy atom. The van der Waals surface area contributed by atoms with E-state index in [4.69, 9.17) is 26.4 Å². The Balaban J connectivity index is 1.34. The summed E-state index contributed by atoms with van der Waals surface area (Å²) in [6.45, 7) is -4.10. The number of carbonyl (C=O) groups excluding carboxylic acids is 3. The summed E-state index contributed by atoms with van der Waals surface area (Å²) in [7, 11) is 0. The van der Waals surface area contributed by atoms with E-state index in [-0.39, 0.29) is 35.2 Å². The number of hydrogen-bond donors (Lipinski definition) is 0. The van der Waals surface area contributed by atoms with Gasteiger partial charge in [-0.3, -0.25) is 10.1 Å². The Kier molecular flexibility index (Phi) is 13.1. The predicted molar refractivity (Wildman–Crippen MR) is 244 cm³/mol. The summed E-state index contributed by atoms with van der Waals surface area (Å²) in [6.07, 6.45) is -2.26. The second-order valence-corrected chi connectivity index (χ2v) is 20.3. The Hall–Kier alpha value is -7.15. The quantitative estimate of drug-likeness (QED) is 0.0163. The number of likely N-dealkylation sites (tertiary alicyclic amines) is 1. The van der Waals surface area contributed by atoms with Gasteiger partial charge in [0, 0.05) is 0 Å². The van der Waals surface area contributed by atoms with Crippen molar-refractivity contribution in [2.75, 3.05) is 6.29 Å². The van der Waals surface area contributed by atoms with Crippen molar-refractivity contribution in [2.45, 2.75) is 38.7 Å². The van der Waals surface area contributed by atoms with Crippen LogP contribution in [-0.2, 0) is 32.2 Å². The number of hydrogen-bond acceptors (Lipinski definition) is 11. The number of nitro groups is 2. The van der Waals surface area contributed by atoms with E-state index in [1.165, 1.54) is 36.4 Å². The molecule has 0 radical (unpaired) electrons. The van der Waals surface area contributed by atoms with Crippen LogP contribution in [0.5, 0.6) is 0 Å². The Morgan fingerprint density at radius 1 is 0.651 bits per heavy atom. The van der Waals surface area contributed by atoms with E-state index in [1.807, 2.05) is 121 Å². The first kappa shape index (κ1) is 43.9. The number of ether oxygens (including phenoxy) is 3. The summed E-state index contributed by atoms with van der Waals surface area (Å²) >= 11 is 6.01. The summed E-state index contributed by atoms with van der Waals surface area (Å²) in [4.78, 5) is 68.9. The number of nitro benzene ring substituents is 2. The minimum atomic E-state index is -4.79. The maximum absolute atomic E-state index is 16.0. The van der Waals surface area contributed by atoms with Crippen LogP contribution < -0.4 is 15.9 Å². The standard InChI is InChI=1S/C48H42N3O10PS/c1-34(61-47(53)59-31-36-20-14-16-28-41(36)50(55)56)45-43(30-44(63)35-18-6-2-7-19-35)49(46(45)52)33-62(38-22-8-3-9-23-38,39-24-10-4-11-25-39,40-26-12-5-13-27-40)48(54)60-32-37-21-15-17-29-42(37)51(57)58/h2-29,34,43,45H,30-33H2,1H3.